The second-order valence-electron chi connectivity index (χ2n) is 7.65. The van der Waals surface area contributed by atoms with Crippen LogP contribution in [0.3, 0.4) is 0 Å². The minimum absolute atomic E-state index is 0.131. The van der Waals surface area contributed by atoms with E-state index in [1.165, 1.54) is 11.3 Å². The van der Waals surface area contributed by atoms with Crippen molar-refractivity contribution in [3.05, 3.63) is 46.5 Å². The number of nitrogens with zero attached hydrogens (tertiary/aromatic N) is 3. The van der Waals surface area contributed by atoms with Crippen molar-refractivity contribution in [2.45, 2.75) is 38.8 Å². The molecule has 1 aliphatic rings. The molecule has 0 aliphatic carbocycles. The molecule has 0 amide bonds. The molecule has 174 valence electrons. The first-order chi connectivity index (χ1) is 15.3. The lowest BCUT2D eigenvalue weighted by atomic mass is 9.96. The van der Waals surface area contributed by atoms with Crippen LogP contribution in [0.2, 0.25) is 0 Å². The van der Waals surface area contributed by atoms with Crippen molar-refractivity contribution in [1.82, 2.24) is 9.88 Å². The lowest BCUT2D eigenvalue weighted by Gasteiger charge is -2.32. The molecule has 0 atom stereocenters. The number of ether oxygens (including phenoxy) is 1. The third kappa shape index (κ3) is 7.59. The number of piperidine rings is 1. The highest BCUT2D eigenvalue weighted by Crippen LogP contribution is 2.34. The van der Waals surface area contributed by atoms with E-state index in [0.29, 0.717) is 30.5 Å². The van der Waals surface area contributed by atoms with Gasteiger partial charge in [-0.25, -0.2) is 4.98 Å². The number of anilines is 1. The predicted molar refractivity (Wildman–Crippen MR) is 119 cm³/mol. The van der Waals surface area contributed by atoms with Gasteiger partial charge in [0.15, 0.2) is 0 Å². The van der Waals surface area contributed by atoms with E-state index in [-0.39, 0.29) is 25.2 Å². The van der Waals surface area contributed by atoms with Crippen LogP contribution in [-0.2, 0) is 22.4 Å². The summed E-state index contributed by atoms with van der Waals surface area (Å²) in [6, 6.07) is 7.89. The quantitative estimate of drug-likeness (QED) is 0.333. The van der Waals surface area contributed by atoms with Gasteiger partial charge in [-0.15, -0.1) is 11.3 Å². The van der Waals surface area contributed by atoms with Crippen LogP contribution in [0, 0.1) is 5.92 Å². The summed E-state index contributed by atoms with van der Waals surface area (Å²) in [7, 11) is 0. The molecule has 1 N–H and O–H groups in total. The van der Waals surface area contributed by atoms with Gasteiger partial charge in [0.2, 0.25) is 5.13 Å². The zero-order valence-corrected chi connectivity index (χ0v) is 18.7. The molecule has 3 rings (SSSR count). The van der Waals surface area contributed by atoms with Gasteiger partial charge in [0.25, 0.3) is 0 Å². The average Bonchev–Trinajstić information content (AvgIpc) is 3.19. The number of esters is 1. The zero-order valence-electron chi connectivity index (χ0n) is 17.9. The first-order valence-corrected chi connectivity index (χ1v) is 11.5. The summed E-state index contributed by atoms with van der Waals surface area (Å²) >= 11 is 1.35. The zero-order chi connectivity index (χ0) is 23.0. The second-order valence-corrected chi connectivity index (χ2v) is 8.51. The number of carbonyl (C=O) groups is 1. The summed E-state index contributed by atoms with van der Waals surface area (Å²) in [6.07, 6.45) is -1.12. The number of aromatic nitrogens is 1. The number of nitrogens with one attached hydrogen (secondary N) is 1. The van der Waals surface area contributed by atoms with Gasteiger partial charge in [0.05, 0.1) is 30.9 Å². The number of hydrogen-bond acceptors (Lipinski definition) is 7. The maximum absolute atomic E-state index is 12.8. The van der Waals surface area contributed by atoms with E-state index < -0.39 is 12.1 Å². The summed E-state index contributed by atoms with van der Waals surface area (Å²) in [5, 5.41) is 6.57. The van der Waals surface area contributed by atoms with Crippen LogP contribution in [-0.4, -0.2) is 54.5 Å². The molecule has 1 aliphatic heterocycles. The summed E-state index contributed by atoms with van der Waals surface area (Å²) in [5.41, 5.74) is 5.52. The number of carbonyl (C=O) groups excluding carboxylic acids is 1. The lowest BCUT2D eigenvalue weighted by Crippen LogP contribution is -2.39. The molecule has 2 heterocycles. The van der Waals surface area contributed by atoms with E-state index in [2.05, 4.69) is 20.4 Å². The molecular weight excluding hydrogens is 441 g/mol. The molecule has 2 aromatic rings. The first-order valence-electron chi connectivity index (χ1n) is 10.6. The Bertz CT molecular complexity index is 909. The monoisotopic (exact) mass is 468 g/mol. The van der Waals surface area contributed by atoms with Crippen LogP contribution in [0.15, 0.2) is 34.7 Å². The Hall–Kier alpha value is -2.46. The number of alkyl halides is 3. The SMILES string of the molecule is CCOC(=O)Cc1csc(NN=Cc2cccc(CCN3CCC(C(F)(F)F)CC3)c2)n1. The lowest BCUT2D eigenvalue weighted by molar-refractivity contribution is -0.185. The molecule has 0 spiro atoms. The first kappa shape index (κ1) is 24.2. The molecule has 0 radical (unpaired) electrons. The number of thiazole rings is 1. The molecule has 10 heteroatoms. The van der Waals surface area contributed by atoms with Crippen LogP contribution in [0.25, 0.3) is 0 Å². The summed E-state index contributed by atoms with van der Waals surface area (Å²) in [5.74, 6) is -1.47. The molecule has 1 aromatic heterocycles. The topological polar surface area (TPSA) is 66.8 Å². The van der Waals surface area contributed by atoms with E-state index in [1.807, 2.05) is 24.3 Å². The molecule has 0 unspecified atom stereocenters. The molecule has 6 nitrogen and oxygen atoms in total. The third-order valence-corrected chi connectivity index (χ3v) is 6.07. The fourth-order valence-corrected chi connectivity index (χ4v) is 4.22. The molecule has 0 saturated carbocycles. The fourth-order valence-electron chi connectivity index (χ4n) is 3.56. The van der Waals surface area contributed by atoms with E-state index in [1.54, 1.807) is 18.5 Å². The molecule has 32 heavy (non-hydrogen) atoms. The van der Waals surface area contributed by atoms with Crippen LogP contribution in [0.1, 0.15) is 36.6 Å². The van der Waals surface area contributed by atoms with Gasteiger partial charge in [-0.05, 0) is 50.4 Å². The van der Waals surface area contributed by atoms with Crippen molar-refractivity contribution in [1.29, 1.82) is 0 Å². The Labute approximate surface area is 189 Å². The van der Waals surface area contributed by atoms with E-state index in [4.69, 9.17) is 4.74 Å². The van der Waals surface area contributed by atoms with Crippen molar-refractivity contribution in [3.8, 4) is 0 Å². The number of hydrogen-bond donors (Lipinski definition) is 1. The Kier molecular flexibility index (Phi) is 8.63. The van der Waals surface area contributed by atoms with Crippen LogP contribution in [0.4, 0.5) is 18.3 Å². The van der Waals surface area contributed by atoms with Crippen LogP contribution < -0.4 is 5.43 Å². The number of benzene rings is 1. The van der Waals surface area contributed by atoms with Gasteiger partial charge in [0.1, 0.15) is 0 Å². The van der Waals surface area contributed by atoms with Gasteiger partial charge in [0, 0.05) is 11.9 Å². The van der Waals surface area contributed by atoms with Gasteiger partial charge in [-0.3, -0.25) is 10.2 Å². The highest BCUT2D eigenvalue weighted by atomic mass is 32.1. The van der Waals surface area contributed by atoms with E-state index >= 15 is 0 Å². The van der Waals surface area contributed by atoms with E-state index in [9.17, 15) is 18.0 Å². The van der Waals surface area contributed by atoms with Gasteiger partial charge >= 0.3 is 12.1 Å². The van der Waals surface area contributed by atoms with E-state index in [0.717, 1.165) is 24.1 Å². The largest absolute Gasteiger partial charge is 0.466 e. The van der Waals surface area contributed by atoms with Crippen LogP contribution >= 0.6 is 11.3 Å². The van der Waals surface area contributed by atoms with Crippen molar-refractivity contribution < 1.29 is 22.7 Å². The normalized spacial score (nSPS) is 15.9. The Morgan fingerprint density at radius 3 is 2.88 bits per heavy atom. The Balaban J connectivity index is 1.44. The number of halogens is 3. The molecule has 1 fully saturated rings. The number of hydrazone groups is 1. The standard InChI is InChI=1S/C22H27F3N4O2S/c1-2-31-20(30)13-19-15-32-21(27-19)28-26-14-17-5-3-4-16(12-17)6-9-29-10-7-18(8-11-29)22(23,24)25/h3-5,12,14-15,18H,2,6-11,13H2,1H3,(H,27,28). The smallest absolute Gasteiger partial charge is 0.391 e. The van der Waals surface area contributed by atoms with Gasteiger partial charge in [-0.2, -0.15) is 18.3 Å². The van der Waals surface area contributed by atoms with Crippen molar-refractivity contribution in [3.63, 3.8) is 0 Å². The minimum Gasteiger partial charge on any atom is -0.466 e. The second kappa shape index (κ2) is 11.4. The van der Waals surface area contributed by atoms with Crippen molar-refractivity contribution in [2.24, 2.45) is 11.0 Å². The maximum Gasteiger partial charge on any atom is 0.391 e. The molecule has 1 aromatic carbocycles. The van der Waals surface area contributed by atoms with Gasteiger partial charge < -0.3 is 9.64 Å². The average molecular weight is 469 g/mol. The molecule has 1 saturated heterocycles. The molecule has 0 bridgehead atoms. The minimum atomic E-state index is -4.07. The van der Waals surface area contributed by atoms with Gasteiger partial charge in [-0.1, -0.05) is 24.3 Å². The predicted octanol–water partition coefficient (Wildman–Crippen LogP) is 4.51. The Morgan fingerprint density at radius 2 is 2.16 bits per heavy atom. The van der Waals surface area contributed by atoms with Crippen molar-refractivity contribution >= 4 is 28.7 Å². The number of rotatable bonds is 9. The number of likely N-dealkylation sites (tertiary alicyclic amines) is 1. The summed E-state index contributed by atoms with van der Waals surface area (Å²) in [6.45, 7) is 3.82. The van der Waals surface area contributed by atoms with Crippen LogP contribution in [0.5, 0.6) is 0 Å². The van der Waals surface area contributed by atoms with Crippen molar-refractivity contribution in [2.75, 3.05) is 31.7 Å². The summed E-state index contributed by atoms with van der Waals surface area (Å²) in [4.78, 5) is 17.9. The molecular formula is C22H27F3N4O2S. The fraction of sp³-hybridized carbons (Fsp3) is 0.500. The third-order valence-electron chi connectivity index (χ3n) is 5.27. The summed E-state index contributed by atoms with van der Waals surface area (Å²) < 4.78 is 43.3. The Morgan fingerprint density at radius 1 is 1.38 bits per heavy atom. The highest BCUT2D eigenvalue weighted by molar-refractivity contribution is 7.13. The maximum atomic E-state index is 12.8. The highest BCUT2D eigenvalue weighted by Gasteiger charge is 2.40.